The fourth-order valence-corrected chi connectivity index (χ4v) is 3.25. The molecule has 0 saturated carbocycles. The van der Waals surface area contributed by atoms with Gasteiger partial charge in [-0.25, -0.2) is 13.1 Å². The van der Waals surface area contributed by atoms with Crippen molar-refractivity contribution in [3.63, 3.8) is 0 Å². The van der Waals surface area contributed by atoms with Gasteiger partial charge in [-0.3, -0.25) is 14.9 Å². The minimum absolute atomic E-state index is 0.108. The second-order valence-corrected chi connectivity index (χ2v) is 7.08. The fraction of sp³-hybridized carbons (Fsp3) is 0.267. The number of sulfonamides is 1. The minimum atomic E-state index is -4.22. The van der Waals surface area contributed by atoms with Crippen molar-refractivity contribution in [3.8, 4) is 0 Å². The van der Waals surface area contributed by atoms with E-state index in [0.29, 0.717) is 16.9 Å². The van der Waals surface area contributed by atoms with E-state index in [-0.39, 0.29) is 6.54 Å². The molecule has 0 fully saturated rings. The molecule has 0 radical (unpaired) electrons. The molecule has 10 heteroatoms. The third kappa shape index (κ3) is 4.64. The molecule has 0 aliphatic carbocycles. The lowest BCUT2D eigenvalue weighted by atomic mass is 10.1. The number of hydrogen-bond donors (Lipinski definition) is 2. The highest BCUT2D eigenvalue weighted by atomic mass is 32.2. The Bertz CT molecular complexity index is 890. The van der Waals surface area contributed by atoms with E-state index in [1.54, 1.807) is 26.0 Å². The zero-order chi connectivity index (χ0) is 18.6. The maximum Gasteiger partial charge on any atom is 0.289 e. The van der Waals surface area contributed by atoms with E-state index in [0.717, 1.165) is 0 Å². The summed E-state index contributed by atoms with van der Waals surface area (Å²) in [7, 11) is -4.22. The van der Waals surface area contributed by atoms with E-state index in [4.69, 9.17) is 4.42 Å². The summed E-state index contributed by atoms with van der Waals surface area (Å²) in [5.41, 5.74) is 0.654. The third-order valence-electron chi connectivity index (χ3n) is 3.52. The van der Waals surface area contributed by atoms with Crippen LogP contribution in [0.15, 0.2) is 39.8 Å². The number of nitro benzene ring substituents is 1. The number of nitrogens with one attached hydrogen (secondary N) is 2. The first-order chi connectivity index (χ1) is 11.7. The number of hydrogen-bond acceptors (Lipinski definition) is 6. The number of benzene rings is 1. The summed E-state index contributed by atoms with van der Waals surface area (Å²) >= 11 is 0. The van der Waals surface area contributed by atoms with Crippen LogP contribution in [0.25, 0.3) is 0 Å². The number of carbonyl (C=O) groups is 1. The summed E-state index contributed by atoms with van der Waals surface area (Å²) in [4.78, 5) is 21.6. The van der Waals surface area contributed by atoms with E-state index in [9.17, 15) is 23.3 Å². The molecule has 1 heterocycles. The Kier molecular flexibility index (Phi) is 5.55. The normalized spacial score (nSPS) is 11.3. The standard InChI is InChI=1S/C15H17N3O6S/c1-10-6-13(18(20)21)14(7-11(10)2)25(22,23)17-9-15(19)16-8-12-4-3-5-24-12/h3-7,17H,8-9H2,1-2H3,(H,16,19). The van der Waals surface area contributed by atoms with Gasteiger partial charge in [0, 0.05) is 6.07 Å². The predicted molar refractivity (Wildman–Crippen MR) is 88.3 cm³/mol. The Morgan fingerprint density at radius 2 is 1.96 bits per heavy atom. The average molecular weight is 367 g/mol. The lowest BCUT2D eigenvalue weighted by molar-refractivity contribution is -0.387. The third-order valence-corrected chi connectivity index (χ3v) is 4.95. The zero-order valence-electron chi connectivity index (χ0n) is 13.6. The van der Waals surface area contributed by atoms with Gasteiger partial charge in [-0.2, -0.15) is 0 Å². The molecule has 0 aliphatic rings. The highest BCUT2D eigenvalue weighted by Crippen LogP contribution is 2.27. The monoisotopic (exact) mass is 367 g/mol. The molecule has 25 heavy (non-hydrogen) atoms. The molecule has 0 aliphatic heterocycles. The van der Waals surface area contributed by atoms with Crippen molar-refractivity contribution in [1.82, 2.24) is 10.0 Å². The molecule has 0 saturated heterocycles. The number of furan rings is 1. The van der Waals surface area contributed by atoms with Crippen molar-refractivity contribution in [1.29, 1.82) is 0 Å². The van der Waals surface area contributed by atoms with Crippen LogP contribution in [-0.2, 0) is 21.4 Å². The summed E-state index contributed by atoms with van der Waals surface area (Å²) in [5.74, 6) is -0.0764. The van der Waals surface area contributed by atoms with Crippen LogP contribution in [0.5, 0.6) is 0 Å². The van der Waals surface area contributed by atoms with Gasteiger partial charge in [0.05, 0.1) is 24.3 Å². The van der Waals surface area contributed by atoms with Gasteiger partial charge < -0.3 is 9.73 Å². The van der Waals surface area contributed by atoms with Crippen molar-refractivity contribution < 1.29 is 22.6 Å². The molecule has 134 valence electrons. The van der Waals surface area contributed by atoms with Crippen LogP contribution in [0.3, 0.4) is 0 Å². The van der Waals surface area contributed by atoms with E-state index in [1.165, 1.54) is 18.4 Å². The second kappa shape index (κ2) is 7.45. The predicted octanol–water partition coefficient (Wildman–Crippen LogP) is 1.40. The Morgan fingerprint density at radius 1 is 1.28 bits per heavy atom. The zero-order valence-corrected chi connectivity index (χ0v) is 14.4. The summed E-state index contributed by atoms with van der Waals surface area (Å²) in [6, 6.07) is 5.73. The van der Waals surface area contributed by atoms with Gasteiger partial charge >= 0.3 is 0 Å². The molecule has 2 rings (SSSR count). The van der Waals surface area contributed by atoms with Crippen LogP contribution >= 0.6 is 0 Å². The van der Waals surface area contributed by atoms with E-state index in [2.05, 4.69) is 10.0 Å². The van der Waals surface area contributed by atoms with Crippen LogP contribution in [0, 0.1) is 24.0 Å². The average Bonchev–Trinajstić information content (AvgIpc) is 3.06. The molecule has 1 aromatic carbocycles. The van der Waals surface area contributed by atoms with Gasteiger partial charge in [-0.1, -0.05) is 0 Å². The van der Waals surface area contributed by atoms with Gasteiger partial charge in [0.2, 0.25) is 15.9 Å². The van der Waals surface area contributed by atoms with Crippen molar-refractivity contribution >= 4 is 21.6 Å². The number of aryl methyl sites for hydroxylation is 2. The van der Waals surface area contributed by atoms with Crippen molar-refractivity contribution in [2.75, 3.05) is 6.54 Å². The van der Waals surface area contributed by atoms with Crippen LogP contribution in [0.4, 0.5) is 5.69 Å². The lowest BCUT2D eigenvalue weighted by Crippen LogP contribution is -2.36. The number of nitro groups is 1. The molecule has 2 aromatic rings. The summed E-state index contributed by atoms with van der Waals surface area (Å²) < 4.78 is 31.8. The maximum absolute atomic E-state index is 12.3. The van der Waals surface area contributed by atoms with E-state index < -0.39 is 38.0 Å². The van der Waals surface area contributed by atoms with Crippen molar-refractivity contribution in [2.45, 2.75) is 25.3 Å². The number of amides is 1. The van der Waals surface area contributed by atoms with Crippen LogP contribution in [0.1, 0.15) is 16.9 Å². The molecule has 9 nitrogen and oxygen atoms in total. The summed E-state index contributed by atoms with van der Waals surface area (Å²) in [5, 5.41) is 13.6. The molecule has 1 amide bonds. The maximum atomic E-state index is 12.3. The van der Waals surface area contributed by atoms with Gasteiger partial charge in [-0.05, 0) is 43.2 Å². The summed E-state index contributed by atoms with van der Waals surface area (Å²) in [6.07, 6.45) is 1.45. The summed E-state index contributed by atoms with van der Waals surface area (Å²) in [6.45, 7) is 2.85. The highest BCUT2D eigenvalue weighted by Gasteiger charge is 2.27. The highest BCUT2D eigenvalue weighted by molar-refractivity contribution is 7.89. The smallest absolute Gasteiger partial charge is 0.289 e. The van der Waals surface area contributed by atoms with Crippen molar-refractivity contribution in [2.24, 2.45) is 0 Å². The van der Waals surface area contributed by atoms with Crippen LogP contribution < -0.4 is 10.0 Å². The Labute approximate surface area is 144 Å². The molecule has 0 unspecified atom stereocenters. The van der Waals surface area contributed by atoms with E-state index >= 15 is 0 Å². The number of nitrogens with zero attached hydrogens (tertiary/aromatic N) is 1. The first-order valence-corrected chi connectivity index (χ1v) is 8.73. The number of carbonyl (C=O) groups excluding carboxylic acids is 1. The minimum Gasteiger partial charge on any atom is -0.467 e. The van der Waals surface area contributed by atoms with Gasteiger partial charge in [0.1, 0.15) is 5.76 Å². The molecule has 0 atom stereocenters. The number of rotatable bonds is 7. The first kappa shape index (κ1) is 18.6. The lowest BCUT2D eigenvalue weighted by Gasteiger charge is -2.09. The Balaban J connectivity index is 2.10. The van der Waals surface area contributed by atoms with Gasteiger partial charge in [0.25, 0.3) is 5.69 Å². The van der Waals surface area contributed by atoms with Crippen LogP contribution in [-0.4, -0.2) is 25.8 Å². The molecule has 1 aromatic heterocycles. The first-order valence-electron chi connectivity index (χ1n) is 7.25. The van der Waals surface area contributed by atoms with Gasteiger partial charge in [-0.15, -0.1) is 0 Å². The fourth-order valence-electron chi connectivity index (χ4n) is 2.03. The van der Waals surface area contributed by atoms with E-state index in [1.807, 2.05) is 0 Å². The molecule has 2 N–H and O–H groups in total. The molecular formula is C15H17N3O6S. The van der Waals surface area contributed by atoms with Gasteiger partial charge in [0.15, 0.2) is 4.90 Å². The molecule has 0 spiro atoms. The topological polar surface area (TPSA) is 132 Å². The quantitative estimate of drug-likeness (QED) is 0.562. The molecule has 0 bridgehead atoms. The Morgan fingerprint density at radius 3 is 2.56 bits per heavy atom. The Hall–Kier alpha value is -2.72. The molecular weight excluding hydrogens is 350 g/mol. The van der Waals surface area contributed by atoms with Crippen LogP contribution in [0.2, 0.25) is 0 Å². The van der Waals surface area contributed by atoms with Crippen molar-refractivity contribution in [3.05, 3.63) is 57.5 Å². The largest absolute Gasteiger partial charge is 0.467 e. The second-order valence-electron chi connectivity index (χ2n) is 5.34. The SMILES string of the molecule is Cc1cc([N+](=O)[O-])c(S(=O)(=O)NCC(=O)NCc2ccco2)cc1C.